The van der Waals surface area contributed by atoms with Gasteiger partial charge in [0.2, 0.25) is 11.8 Å². The lowest BCUT2D eigenvalue weighted by molar-refractivity contribution is -0.386. The number of carbonyl (C=O) groups is 3. The number of aliphatic hydroxyl groups is 11. The predicted octanol–water partition coefficient (Wildman–Crippen LogP) is 2.26. The third-order valence-corrected chi connectivity index (χ3v) is 16.0. The molecule has 14 N–H and O–H groups in total. The van der Waals surface area contributed by atoms with E-state index in [2.05, 4.69) is 31.4 Å². The number of carboxylic acids is 1. The molecule has 24 nitrogen and oxygen atoms in total. The van der Waals surface area contributed by atoms with Crippen LogP contribution >= 0.6 is 0 Å². The van der Waals surface area contributed by atoms with Crippen LogP contribution in [0.5, 0.6) is 0 Å². The van der Waals surface area contributed by atoms with E-state index in [-0.39, 0.29) is 12.3 Å². The first-order valence-corrected chi connectivity index (χ1v) is 31.0. The van der Waals surface area contributed by atoms with Gasteiger partial charge < -0.3 is 105 Å². The number of allylic oxidation sites excluding steroid dienone is 1. The van der Waals surface area contributed by atoms with E-state index in [0.717, 1.165) is 58.0 Å². The molecule has 0 saturated carbocycles. The Morgan fingerprint density at radius 2 is 1.23 bits per heavy atom. The van der Waals surface area contributed by atoms with Gasteiger partial charge >= 0.3 is 5.97 Å². The summed E-state index contributed by atoms with van der Waals surface area (Å²) in [6.45, 7) is 2.42. The lowest BCUT2D eigenvalue weighted by Crippen LogP contribution is -2.71. The van der Waals surface area contributed by atoms with Gasteiger partial charge in [0.25, 0.3) is 5.79 Å². The Kier molecular flexibility index (Phi) is 37.4. The van der Waals surface area contributed by atoms with Gasteiger partial charge in [-0.3, -0.25) is 9.59 Å². The maximum Gasteiger partial charge on any atom is 0.364 e. The molecule has 0 aromatic heterocycles. The summed E-state index contributed by atoms with van der Waals surface area (Å²) < 4.78 is 39.9. The second-order valence-electron chi connectivity index (χ2n) is 23.3. The van der Waals surface area contributed by atoms with Crippen molar-refractivity contribution in [2.24, 2.45) is 5.92 Å². The molecule has 0 radical (unpaired) electrons. The molecule has 3 heterocycles. The lowest BCUT2D eigenvalue weighted by atomic mass is 9.88. The Balaban J connectivity index is 1.70. The van der Waals surface area contributed by atoms with Crippen LogP contribution in [0.15, 0.2) is 12.2 Å². The van der Waals surface area contributed by atoms with Crippen molar-refractivity contribution in [3.8, 4) is 0 Å². The molecule has 0 aromatic carbocycles. The fourth-order valence-electron chi connectivity index (χ4n) is 10.9. The van der Waals surface area contributed by atoms with Gasteiger partial charge in [0.05, 0.1) is 50.7 Å². The Hall–Kier alpha value is -2.57. The number of aliphatic hydroxyl groups excluding tert-OH is 11. The van der Waals surface area contributed by atoms with Crippen molar-refractivity contribution in [2.75, 3.05) is 40.1 Å². The maximum atomic E-state index is 13.4. The molecule has 0 bridgehead atoms. The third kappa shape index (κ3) is 25.6. The number of carboxylic acid groups (broad SMARTS) is 1. The number of unbranched alkanes of at least 4 members (excludes halogenated alkanes) is 21. The van der Waals surface area contributed by atoms with Gasteiger partial charge in [-0.05, 0) is 25.2 Å². The van der Waals surface area contributed by atoms with E-state index in [4.69, 9.17) is 33.2 Å². The molecule has 24 heteroatoms. The van der Waals surface area contributed by atoms with Crippen molar-refractivity contribution >= 4 is 17.8 Å². The highest BCUT2D eigenvalue weighted by atomic mass is 16.8. The molecule has 2 amide bonds. The van der Waals surface area contributed by atoms with Crippen LogP contribution in [0.2, 0.25) is 0 Å². The van der Waals surface area contributed by atoms with Crippen molar-refractivity contribution in [3.05, 3.63) is 12.2 Å². The molecule has 83 heavy (non-hydrogen) atoms. The van der Waals surface area contributed by atoms with Crippen LogP contribution < -0.4 is 10.6 Å². The summed E-state index contributed by atoms with van der Waals surface area (Å²) in [5, 5.41) is 136. The number of nitrogens with one attached hydrogen (secondary N) is 2. The van der Waals surface area contributed by atoms with Crippen LogP contribution in [-0.4, -0.2) is 229 Å². The zero-order valence-corrected chi connectivity index (χ0v) is 49.9. The first-order valence-electron chi connectivity index (χ1n) is 31.0. The summed E-state index contributed by atoms with van der Waals surface area (Å²) in [5.74, 6) is -5.74. The summed E-state index contributed by atoms with van der Waals surface area (Å²) in [4.78, 5) is 38.7. The molecule has 0 aromatic rings. The van der Waals surface area contributed by atoms with Gasteiger partial charge in [-0.25, -0.2) is 4.79 Å². The van der Waals surface area contributed by atoms with E-state index < -0.39 is 161 Å². The number of ether oxygens (including phenoxy) is 7. The van der Waals surface area contributed by atoms with E-state index in [0.29, 0.717) is 12.8 Å². The number of rotatable bonds is 45. The molecule has 0 aliphatic carbocycles. The van der Waals surface area contributed by atoms with Gasteiger partial charge in [0.1, 0.15) is 73.8 Å². The zero-order valence-electron chi connectivity index (χ0n) is 49.9. The third-order valence-electron chi connectivity index (χ3n) is 16.0. The zero-order chi connectivity index (χ0) is 61.3. The van der Waals surface area contributed by atoms with Crippen molar-refractivity contribution < 1.29 is 109 Å². The van der Waals surface area contributed by atoms with Crippen molar-refractivity contribution in [1.29, 1.82) is 0 Å². The van der Waals surface area contributed by atoms with Gasteiger partial charge in [0.15, 0.2) is 12.6 Å². The van der Waals surface area contributed by atoms with E-state index in [1.807, 2.05) is 6.08 Å². The molecule has 3 aliphatic rings. The van der Waals surface area contributed by atoms with Gasteiger partial charge in [0, 0.05) is 20.0 Å². The highest BCUT2D eigenvalue weighted by molar-refractivity contribution is 5.78. The minimum atomic E-state index is -3.09. The van der Waals surface area contributed by atoms with Crippen LogP contribution in [0.4, 0.5) is 0 Å². The Labute approximate surface area is 491 Å². The van der Waals surface area contributed by atoms with E-state index in [1.165, 1.54) is 96.3 Å². The average molecular weight is 1200 g/mol. The fraction of sp³-hybridized carbons (Fsp3) is 0.915. The first kappa shape index (κ1) is 74.7. The molecular weight excluding hydrogens is 1090 g/mol. The molecule has 3 fully saturated rings. The van der Waals surface area contributed by atoms with Gasteiger partial charge in [-0.1, -0.05) is 168 Å². The highest BCUT2D eigenvalue weighted by Crippen LogP contribution is 2.39. The Bertz CT molecular complexity index is 1770. The smallest absolute Gasteiger partial charge is 0.364 e. The number of hydrogen-bond donors (Lipinski definition) is 14. The molecule has 3 aliphatic heterocycles. The van der Waals surface area contributed by atoms with Crippen molar-refractivity contribution in [1.82, 2.24) is 10.6 Å². The summed E-state index contributed by atoms with van der Waals surface area (Å²) in [6.07, 6.45) is 2.00. The standard InChI is InChI=1S/C59H108N2O22/c1-5-6-7-8-9-10-11-12-13-14-19-22-25-28-31-45(68)60-39(40(66)30-27-24-21-18-16-15-17-20-23-26-29-38(2)3)37-78-56-51(73)50(72)53(44(35-64)80-56)81-57-52(74)55(49(71)43(34-63)79-57)83-59(58(75)76)32-41(67)47(61-46(69)36-65)54(82-59)48(70)42(33-62)77-4/h27,30,38-44,47-57,62-67,70-74H,5-26,28-29,31-37H2,1-4H3,(H,60,68)(H,61,69)(H,75,76). The normalized spacial score (nSPS) is 30.1. The molecule has 0 spiro atoms. The topological polar surface area (TPSA) is 383 Å². The van der Waals surface area contributed by atoms with Crippen molar-refractivity contribution in [2.45, 2.75) is 298 Å². The Morgan fingerprint density at radius 1 is 0.675 bits per heavy atom. The van der Waals surface area contributed by atoms with Crippen LogP contribution in [0.25, 0.3) is 0 Å². The Morgan fingerprint density at radius 3 is 1.76 bits per heavy atom. The fourth-order valence-corrected chi connectivity index (χ4v) is 10.9. The summed E-state index contributed by atoms with van der Waals surface area (Å²) in [5.41, 5.74) is 0. The molecule has 3 saturated heterocycles. The minimum absolute atomic E-state index is 0.200. The molecule has 18 atom stereocenters. The number of carbonyl (C=O) groups excluding carboxylic acids is 2. The maximum absolute atomic E-state index is 13.4. The number of aliphatic carboxylic acids is 1. The van der Waals surface area contributed by atoms with Crippen LogP contribution in [0.3, 0.4) is 0 Å². The average Bonchev–Trinajstić information content (AvgIpc) is 2.27. The van der Waals surface area contributed by atoms with Gasteiger partial charge in [-0.2, -0.15) is 0 Å². The van der Waals surface area contributed by atoms with Crippen molar-refractivity contribution in [3.63, 3.8) is 0 Å². The second-order valence-corrected chi connectivity index (χ2v) is 23.3. The number of methoxy groups -OCH3 is 1. The summed E-state index contributed by atoms with van der Waals surface area (Å²) in [7, 11) is 1.09. The number of amides is 2. The second kappa shape index (κ2) is 41.6. The minimum Gasteiger partial charge on any atom is -0.477 e. The summed E-state index contributed by atoms with van der Waals surface area (Å²) in [6, 6.07) is -2.69. The SMILES string of the molecule is CCCCCCCCCCCCCCCCC(=O)NC(COC1OC(CO)C(OC2OC(CO)C(O)C(OC3(C(=O)O)CC(O)C(NC(=O)CO)C(C(O)C(CO)OC)O3)C2O)C(O)C1O)C(O)C=CCCCCCCCCCCC(C)C. The lowest BCUT2D eigenvalue weighted by Gasteiger charge is -2.50. The first-order chi connectivity index (χ1) is 39.8. The van der Waals surface area contributed by atoms with Crippen LogP contribution in [0.1, 0.15) is 188 Å². The number of hydrogen-bond acceptors (Lipinski definition) is 21. The molecular formula is C59H108N2O22. The van der Waals surface area contributed by atoms with E-state index >= 15 is 0 Å². The predicted molar refractivity (Wildman–Crippen MR) is 303 cm³/mol. The largest absolute Gasteiger partial charge is 0.477 e. The molecule has 3 rings (SSSR count). The van der Waals surface area contributed by atoms with Gasteiger partial charge in [-0.15, -0.1) is 0 Å². The summed E-state index contributed by atoms with van der Waals surface area (Å²) >= 11 is 0. The monoisotopic (exact) mass is 1200 g/mol. The molecule has 486 valence electrons. The van der Waals surface area contributed by atoms with E-state index in [1.54, 1.807) is 6.08 Å². The van der Waals surface area contributed by atoms with E-state index in [9.17, 15) is 75.7 Å². The van der Waals surface area contributed by atoms with Crippen LogP contribution in [-0.2, 0) is 47.5 Å². The highest BCUT2D eigenvalue weighted by Gasteiger charge is 2.60. The quantitative estimate of drug-likeness (QED) is 0.0307. The van der Waals surface area contributed by atoms with Crippen LogP contribution in [0, 0.1) is 5.92 Å². The molecule has 18 unspecified atom stereocenters.